The topological polar surface area (TPSA) is 48.7 Å². The van der Waals surface area contributed by atoms with Crippen molar-refractivity contribution >= 4 is 0 Å². The van der Waals surface area contributed by atoms with E-state index in [4.69, 9.17) is 0 Å². The molecule has 2 atom stereocenters. The van der Waals surface area contributed by atoms with Crippen LogP contribution in [0.15, 0.2) is 17.1 Å². The predicted octanol–water partition coefficient (Wildman–Crippen LogP) is 1.59. The first-order chi connectivity index (χ1) is 10.3. The monoisotopic (exact) mass is 307 g/mol. The maximum Gasteiger partial charge on any atom is 0.223 e. The molecule has 0 aromatic carbocycles. The van der Waals surface area contributed by atoms with Gasteiger partial charge in [-0.25, -0.2) is 0 Å². The van der Waals surface area contributed by atoms with Crippen molar-refractivity contribution in [1.29, 1.82) is 0 Å². The number of likely N-dealkylation sites (N-methyl/N-ethyl adjacent to an activating group) is 1. The Balaban J connectivity index is 2.17. The Hall–Kier alpha value is -1.33. The minimum absolute atomic E-state index is 0.164. The standard InChI is InChI=1S/C17H29N3O2/c1-13-7-14(2)10-19(9-13)11-15-8-16(21)17(22)12-20(15)6-5-18(3)4/h8,12-14,22H,5-7,9-11H2,1-4H3. The molecule has 22 heavy (non-hydrogen) atoms. The number of rotatable bonds is 5. The van der Waals surface area contributed by atoms with Gasteiger partial charge in [-0.2, -0.15) is 0 Å². The van der Waals surface area contributed by atoms with Gasteiger partial charge in [-0.1, -0.05) is 13.8 Å². The first kappa shape index (κ1) is 17.0. The molecule has 0 radical (unpaired) electrons. The minimum atomic E-state index is -0.283. The summed E-state index contributed by atoms with van der Waals surface area (Å²) in [4.78, 5) is 16.3. The van der Waals surface area contributed by atoms with E-state index in [0.717, 1.165) is 38.4 Å². The van der Waals surface area contributed by atoms with Crippen molar-refractivity contribution < 1.29 is 5.11 Å². The second-order valence-electron chi connectivity index (χ2n) is 7.15. The lowest BCUT2D eigenvalue weighted by molar-refractivity contribution is 0.131. The van der Waals surface area contributed by atoms with Gasteiger partial charge in [-0.15, -0.1) is 0 Å². The fourth-order valence-corrected chi connectivity index (χ4v) is 3.40. The molecule has 5 nitrogen and oxygen atoms in total. The third-order valence-electron chi connectivity index (χ3n) is 4.32. The van der Waals surface area contributed by atoms with Gasteiger partial charge in [0.05, 0.1) is 6.20 Å². The van der Waals surface area contributed by atoms with Gasteiger partial charge in [-0.05, 0) is 32.4 Å². The molecule has 2 unspecified atom stereocenters. The molecule has 124 valence electrons. The maximum absolute atomic E-state index is 11.8. The van der Waals surface area contributed by atoms with Crippen LogP contribution in [0.3, 0.4) is 0 Å². The van der Waals surface area contributed by atoms with Crippen LogP contribution >= 0.6 is 0 Å². The summed E-state index contributed by atoms with van der Waals surface area (Å²) in [6.45, 7) is 9.16. The molecule has 1 N–H and O–H groups in total. The summed E-state index contributed by atoms with van der Waals surface area (Å²) in [6.07, 6.45) is 2.86. The Morgan fingerprint density at radius 1 is 1.27 bits per heavy atom. The number of pyridine rings is 1. The van der Waals surface area contributed by atoms with E-state index in [1.807, 2.05) is 18.7 Å². The van der Waals surface area contributed by atoms with Crippen LogP contribution in [0.1, 0.15) is 26.0 Å². The molecule has 0 amide bonds. The summed E-state index contributed by atoms with van der Waals surface area (Å²) in [7, 11) is 4.05. The van der Waals surface area contributed by atoms with Gasteiger partial charge in [0.25, 0.3) is 0 Å². The molecule has 1 aliphatic rings. The zero-order valence-electron chi connectivity index (χ0n) is 14.2. The molecule has 0 aliphatic carbocycles. The summed E-state index contributed by atoms with van der Waals surface area (Å²) >= 11 is 0. The van der Waals surface area contributed by atoms with E-state index in [1.165, 1.54) is 6.42 Å². The number of hydrogen-bond acceptors (Lipinski definition) is 4. The van der Waals surface area contributed by atoms with Crippen LogP contribution in [0.2, 0.25) is 0 Å². The van der Waals surface area contributed by atoms with Crippen molar-refractivity contribution in [3.05, 3.63) is 28.2 Å². The summed E-state index contributed by atoms with van der Waals surface area (Å²) in [5.74, 6) is 1.23. The van der Waals surface area contributed by atoms with Crippen LogP contribution in [-0.4, -0.2) is 53.2 Å². The van der Waals surface area contributed by atoms with Gasteiger partial charge in [-0.3, -0.25) is 9.69 Å². The van der Waals surface area contributed by atoms with E-state index in [-0.39, 0.29) is 11.2 Å². The molecule has 5 heteroatoms. The van der Waals surface area contributed by atoms with Crippen molar-refractivity contribution in [3.8, 4) is 5.75 Å². The second kappa shape index (κ2) is 7.29. The quantitative estimate of drug-likeness (QED) is 0.897. The fourth-order valence-electron chi connectivity index (χ4n) is 3.40. The predicted molar refractivity (Wildman–Crippen MR) is 89.1 cm³/mol. The molecular weight excluding hydrogens is 278 g/mol. The zero-order valence-corrected chi connectivity index (χ0v) is 14.2. The van der Waals surface area contributed by atoms with Crippen LogP contribution in [0.25, 0.3) is 0 Å². The highest BCUT2D eigenvalue weighted by Gasteiger charge is 2.22. The van der Waals surface area contributed by atoms with E-state index >= 15 is 0 Å². The highest BCUT2D eigenvalue weighted by atomic mass is 16.3. The Morgan fingerprint density at radius 3 is 2.50 bits per heavy atom. The molecule has 0 spiro atoms. The average molecular weight is 307 g/mol. The first-order valence-corrected chi connectivity index (χ1v) is 8.14. The molecule has 1 saturated heterocycles. The summed E-state index contributed by atoms with van der Waals surface area (Å²) in [6, 6.07) is 1.59. The number of nitrogens with zero attached hydrogens (tertiary/aromatic N) is 3. The Bertz CT molecular complexity index is 543. The van der Waals surface area contributed by atoms with E-state index in [9.17, 15) is 9.90 Å². The van der Waals surface area contributed by atoms with E-state index in [0.29, 0.717) is 11.8 Å². The van der Waals surface area contributed by atoms with Gasteiger partial charge in [0.15, 0.2) is 5.75 Å². The molecule has 2 heterocycles. The number of hydrogen-bond donors (Lipinski definition) is 1. The zero-order chi connectivity index (χ0) is 16.3. The van der Waals surface area contributed by atoms with Crippen LogP contribution < -0.4 is 5.43 Å². The first-order valence-electron chi connectivity index (χ1n) is 8.14. The van der Waals surface area contributed by atoms with Crippen molar-refractivity contribution in [2.24, 2.45) is 11.8 Å². The van der Waals surface area contributed by atoms with Crippen molar-refractivity contribution in [3.63, 3.8) is 0 Å². The molecule has 0 bridgehead atoms. The Labute approximate surface area is 133 Å². The highest BCUT2D eigenvalue weighted by Crippen LogP contribution is 2.22. The van der Waals surface area contributed by atoms with Crippen molar-refractivity contribution in [2.75, 3.05) is 33.7 Å². The van der Waals surface area contributed by atoms with Gasteiger partial charge in [0.1, 0.15) is 0 Å². The molecule has 2 rings (SSSR count). The van der Waals surface area contributed by atoms with E-state index < -0.39 is 0 Å². The van der Waals surface area contributed by atoms with Crippen LogP contribution in [-0.2, 0) is 13.1 Å². The molecule has 1 fully saturated rings. The van der Waals surface area contributed by atoms with Gasteiger partial charge >= 0.3 is 0 Å². The van der Waals surface area contributed by atoms with Crippen LogP contribution in [0.5, 0.6) is 5.75 Å². The lowest BCUT2D eigenvalue weighted by Crippen LogP contribution is -2.39. The van der Waals surface area contributed by atoms with Crippen LogP contribution in [0, 0.1) is 11.8 Å². The largest absolute Gasteiger partial charge is 0.503 e. The third-order valence-corrected chi connectivity index (χ3v) is 4.32. The third kappa shape index (κ3) is 4.58. The Morgan fingerprint density at radius 2 is 1.91 bits per heavy atom. The lowest BCUT2D eigenvalue weighted by Gasteiger charge is -2.35. The summed E-state index contributed by atoms with van der Waals surface area (Å²) in [5.41, 5.74) is 0.708. The second-order valence-corrected chi connectivity index (χ2v) is 7.15. The summed E-state index contributed by atoms with van der Waals surface area (Å²) in [5, 5.41) is 9.72. The minimum Gasteiger partial charge on any atom is -0.503 e. The summed E-state index contributed by atoms with van der Waals surface area (Å²) < 4.78 is 2.01. The van der Waals surface area contributed by atoms with Gasteiger partial charge in [0, 0.05) is 44.5 Å². The van der Waals surface area contributed by atoms with Crippen LogP contribution in [0.4, 0.5) is 0 Å². The smallest absolute Gasteiger partial charge is 0.223 e. The highest BCUT2D eigenvalue weighted by molar-refractivity contribution is 5.20. The lowest BCUT2D eigenvalue weighted by atomic mass is 9.92. The van der Waals surface area contributed by atoms with Gasteiger partial charge < -0.3 is 14.6 Å². The fraction of sp³-hybridized carbons (Fsp3) is 0.706. The Kier molecular flexibility index (Phi) is 5.64. The number of aromatic nitrogens is 1. The maximum atomic E-state index is 11.8. The molecule has 0 saturated carbocycles. The molecular formula is C17H29N3O2. The van der Waals surface area contributed by atoms with Crippen molar-refractivity contribution in [2.45, 2.75) is 33.4 Å². The molecule has 1 aromatic heterocycles. The molecule has 1 aliphatic heterocycles. The van der Waals surface area contributed by atoms with E-state index in [1.54, 1.807) is 12.3 Å². The SMILES string of the molecule is CC1CC(C)CN(Cc2cc(=O)c(O)cn2CCN(C)C)C1. The average Bonchev–Trinajstić information content (AvgIpc) is 2.39. The normalized spacial score (nSPS) is 23.1. The number of piperidine rings is 1. The molecule has 1 aromatic rings. The van der Waals surface area contributed by atoms with Gasteiger partial charge in [0.2, 0.25) is 5.43 Å². The van der Waals surface area contributed by atoms with E-state index in [2.05, 4.69) is 23.6 Å². The van der Waals surface area contributed by atoms with Crippen molar-refractivity contribution in [1.82, 2.24) is 14.4 Å². The number of likely N-dealkylation sites (tertiary alicyclic amines) is 1. The number of aromatic hydroxyl groups is 1.